The van der Waals surface area contributed by atoms with Crippen LogP contribution in [0.2, 0.25) is 0 Å². The average molecular weight is 268 g/mol. The quantitative estimate of drug-likeness (QED) is 0.487. The zero-order valence-corrected chi connectivity index (χ0v) is 9.53. The van der Waals surface area contributed by atoms with Gasteiger partial charge in [-0.05, 0) is 12.5 Å². The molecule has 0 radical (unpaired) electrons. The van der Waals surface area contributed by atoms with Gasteiger partial charge in [-0.1, -0.05) is 19.1 Å². The molecule has 0 spiro atoms. The van der Waals surface area contributed by atoms with Gasteiger partial charge < -0.3 is 4.74 Å². The van der Waals surface area contributed by atoms with Crippen molar-refractivity contribution in [2.45, 2.75) is 18.2 Å². The second-order valence-electron chi connectivity index (χ2n) is 3.12. The van der Waals surface area contributed by atoms with Crippen LogP contribution in [-0.2, 0) is 10.1 Å². The fourth-order valence-electron chi connectivity index (χ4n) is 1.23. The number of aldehydes is 1. The summed E-state index contributed by atoms with van der Waals surface area (Å²) >= 11 is 0. The number of hydrogen-bond acceptors (Lipinski definition) is 4. The molecule has 0 saturated carbocycles. The van der Waals surface area contributed by atoms with E-state index in [4.69, 9.17) is 9.29 Å². The monoisotopic (exact) mass is 268 g/mol. The van der Waals surface area contributed by atoms with Crippen molar-refractivity contribution < 1.29 is 22.5 Å². The first-order valence-corrected chi connectivity index (χ1v) is 6.13. The molecule has 0 atom stereocenters. The van der Waals surface area contributed by atoms with E-state index in [1.807, 2.05) is 6.92 Å². The zero-order chi connectivity index (χ0) is 12.2. The number of carbonyl (C=O) groups is 1. The summed E-state index contributed by atoms with van der Waals surface area (Å²) in [6, 6.07) is 4.18. The molecule has 5 nitrogen and oxygen atoms in total. The number of benzene rings is 1. The van der Waals surface area contributed by atoms with Crippen molar-refractivity contribution in [3.05, 3.63) is 23.8 Å². The van der Waals surface area contributed by atoms with Crippen molar-refractivity contribution in [2.75, 3.05) is 6.61 Å². The standard InChI is InChI=1S/C10H12O5S.Na.H/c1-2-6-15-9-5-3-4-8(7-11)10(9)16(12,13)14;;/h3-5,7H,2,6H2,1H3,(H,12,13,14);;. The van der Waals surface area contributed by atoms with Gasteiger partial charge in [0.15, 0.2) is 6.29 Å². The Hall–Kier alpha value is -0.400. The normalized spacial score (nSPS) is 10.5. The Kier molecular flexibility index (Phi) is 6.96. The Morgan fingerprint density at radius 3 is 2.53 bits per heavy atom. The van der Waals surface area contributed by atoms with E-state index in [0.29, 0.717) is 19.3 Å². The van der Waals surface area contributed by atoms with Gasteiger partial charge in [0.1, 0.15) is 10.6 Å². The molecule has 0 bridgehead atoms. The Morgan fingerprint density at radius 2 is 2.06 bits per heavy atom. The van der Waals surface area contributed by atoms with Crippen LogP contribution < -0.4 is 4.74 Å². The van der Waals surface area contributed by atoms with Gasteiger partial charge in [0.2, 0.25) is 0 Å². The molecule has 0 heterocycles. The molecule has 1 aromatic carbocycles. The van der Waals surface area contributed by atoms with Gasteiger partial charge in [-0.3, -0.25) is 9.35 Å². The van der Waals surface area contributed by atoms with Crippen LogP contribution in [0.5, 0.6) is 5.75 Å². The number of rotatable bonds is 5. The Balaban J connectivity index is 0.00000256. The van der Waals surface area contributed by atoms with Crippen molar-refractivity contribution in [1.82, 2.24) is 0 Å². The molecule has 0 amide bonds. The molecule has 17 heavy (non-hydrogen) atoms. The third kappa shape index (κ3) is 4.40. The van der Waals surface area contributed by atoms with Crippen LogP contribution in [0.3, 0.4) is 0 Å². The fraction of sp³-hybridized carbons (Fsp3) is 0.300. The van der Waals surface area contributed by atoms with Gasteiger partial charge in [-0.15, -0.1) is 0 Å². The van der Waals surface area contributed by atoms with E-state index >= 15 is 0 Å². The van der Waals surface area contributed by atoms with Gasteiger partial charge in [0, 0.05) is 5.56 Å². The van der Waals surface area contributed by atoms with Crippen LogP contribution >= 0.6 is 0 Å². The summed E-state index contributed by atoms with van der Waals surface area (Å²) in [5.41, 5.74) is -0.115. The first-order valence-electron chi connectivity index (χ1n) is 4.69. The molecule has 0 fully saturated rings. The van der Waals surface area contributed by atoms with Crippen molar-refractivity contribution in [1.29, 1.82) is 0 Å². The van der Waals surface area contributed by atoms with Crippen LogP contribution in [0.1, 0.15) is 23.7 Å². The molecule has 0 saturated heterocycles. The van der Waals surface area contributed by atoms with E-state index in [-0.39, 0.29) is 40.9 Å². The van der Waals surface area contributed by atoms with Crippen LogP contribution in [0.4, 0.5) is 0 Å². The van der Waals surface area contributed by atoms with Gasteiger partial charge in [-0.2, -0.15) is 8.42 Å². The molecular weight excluding hydrogens is 255 g/mol. The van der Waals surface area contributed by atoms with Gasteiger partial charge in [0.05, 0.1) is 6.61 Å². The Labute approximate surface area is 122 Å². The van der Waals surface area contributed by atoms with Crippen molar-refractivity contribution in [2.24, 2.45) is 0 Å². The maximum absolute atomic E-state index is 11.1. The third-order valence-electron chi connectivity index (χ3n) is 1.86. The molecular formula is C10H13NaO5S. The number of carbonyl (C=O) groups excluding carboxylic acids is 1. The molecule has 0 aliphatic heterocycles. The summed E-state index contributed by atoms with van der Waals surface area (Å²) < 4.78 is 36.4. The van der Waals surface area contributed by atoms with E-state index in [9.17, 15) is 13.2 Å². The predicted molar refractivity (Wildman–Crippen MR) is 64.6 cm³/mol. The van der Waals surface area contributed by atoms with E-state index in [1.54, 1.807) is 0 Å². The first kappa shape index (κ1) is 16.6. The Morgan fingerprint density at radius 1 is 1.41 bits per heavy atom. The van der Waals surface area contributed by atoms with Crippen molar-refractivity contribution in [3.8, 4) is 5.75 Å². The minimum atomic E-state index is -4.46. The van der Waals surface area contributed by atoms with E-state index in [0.717, 1.165) is 0 Å². The topological polar surface area (TPSA) is 80.7 Å². The second-order valence-corrected chi connectivity index (χ2v) is 4.47. The molecule has 1 N–H and O–H groups in total. The van der Waals surface area contributed by atoms with Crippen LogP contribution in [0, 0.1) is 0 Å². The second kappa shape index (κ2) is 7.13. The molecule has 0 aliphatic rings. The summed E-state index contributed by atoms with van der Waals surface area (Å²) in [6.07, 6.45) is 1.05. The molecule has 7 heteroatoms. The Bertz CT molecular complexity index is 483. The minimum absolute atomic E-state index is 0. The summed E-state index contributed by atoms with van der Waals surface area (Å²) in [5, 5.41) is 0. The van der Waals surface area contributed by atoms with Crippen LogP contribution in [0.15, 0.2) is 23.1 Å². The maximum atomic E-state index is 11.1. The molecule has 90 valence electrons. The van der Waals surface area contributed by atoms with Gasteiger partial charge >= 0.3 is 29.6 Å². The van der Waals surface area contributed by atoms with E-state index in [1.165, 1.54) is 18.2 Å². The molecule has 0 unspecified atom stereocenters. The van der Waals surface area contributed by atoms with Crippen LogP contribution in [-0.4, -0.2) is 55.4 Å². The summed E-state index contributed by atoms with van der Waals surface area (Å²) in [7, 11) is -4.46. The fourth-order valence-corrected chi connectivity index (χ4v) is 2.02. The SMILES string of the molecule is CCCOc1cccc(C=O)c1S(=O)(=O)O.[NaH]. The summed E-state index contributed by atoms with van der Waals surface area (Å²) in [4.78, 5) is 10.2. The van der Waals surface area contributed by atoms with Crippen molar-refractivity contribution in [3.63, 3.8) is 0 Å². The average Bonchev–Trinajstić information content (AvgIpc) is 2.24. The van der Waals surface area contributed by atoms with Gasteiger partial charge in [-0.25, -0.2) is 0 Å². The summed E-state index contributed by atoms with van der Waals surface area (Å²) in [5.74, 6) is -0.00560. The molecule has 1 rings (SSSR count). The number of ether oxygens (including phenoxy) is 1. The predicted octanol–water partition coefficient (Wildman–Crippen LogP) is 0.886. The van der Waals surface area contributed by atoms with E-state index in [2.05, 4.69) is 0 Å². The van der Waals surface area contributed by atoms with Crippen LogP contribution in [0.25, 0.3) is 0 Å². The van der Waals surface area contributed by atoms with E-state index < -0.39 is 15.0 Å². The number of hydrogen-bond donors (Lipinski definition) is 1. The molecule has 0 aliphatic carbocycles. The van der Waals surface area contributed by atoms with Crippen molar-refractivity contribution >= 4 is 46.0 Å². The zero-order valence-electron chi connectivity index (χ0n) is 8.71. The molecule has 1 aromatic rings. The third-order valence-corrected chi connectivity index (χ3v) is 2.81. The van der Waals surface area contributed by atoms with Gasteiger partial charge in [0.25, 0.3) is 10.1 Å². The first-order chi connectivity index (χ1) is 7.50. The molecule has 0 aromatic heterocycles. The summed E-state index contributed by atoms with van der Waals surface area (Å²) in [6.45, 7) is 2.17.